The number of carbonyl (C=O) groups is 1. The second-order valence-corrected chi connectivity index (χ2v) is 6.63. The third-order valence-corrected chi connectivity index (χ3v) is 4.67. The molecule has 6 heteroatoms. The van der Waals surface area contributed by atoms with Gasteiger partial charge in [0.05, 0.1) is 17.3 Å². The van der Waals surface area contributed by atoms with Gasteiger partial charge in [-0.1, -0.05) is 23.7 Å². The Morgan fingerprint density at radius 2 is 1.72 bits per heavy atom. The molecule has 0 spiro atoms. The highest BCUT2D eigenvalue weighted by atomic mass is 35.5. The molecule has 0 unspecified atom stereocenters. The van der Waals surface area contributed by atoms with Gasteiger partial charge in [0, 0.05) is 37.6 Å². The molecule has 1 fully saturated rings. The SMILES string of the molecule is CN1CCN(c2ccc(NCC(=O)Nc3ccccc3Cl)cc2)CC1. The third-order valence-electron chi connectivity index (χ3n) is 4.34. The number of hydrogen-bond donors (Lipinski definition) is 2. The first-order valence-corrected chi connectivity index (χ1v) is 8.81. The molecule has 25 heavy (non-hydrogen) atoms. The summed E-state index contributed by atoms with van der Waals surface area (Å²) in [5.74, 6) is -0.128. The van der Waals surface area contributed by atoms with Gasteiger partial charge < -0.3 is 20.4 Å². The molecule has 1 aliphatic heterocycles. The first-order valence-electron chi connectivity index (χ1n) is 8.43. The van der Waals surface area contributed by atoms with Gasteiger partial charge in [-0.05, 0) is 43.4 Å². The van der Waals surface area contributed by atoms with Crippen molar-refractivity contribution < 1.29 is 4.79 Å². The Morgan fingerprint density at radius 3 is 2.40 bits per heavy atom. The van der Waals surface area contributed by atoms with Crippen molar-refractivity contribution in [2.75, 3.05) is 55.3 Å². The van der Waals surface area contributed by atoms with Gasteiger partial charge in [0.1, 0.15) is 0 Å². The smallest absolute Gasteiger partial charge is 0.243 e. The quantitative estimate of drug-likeness (QED) is 0.862. The molecule has 1 saturated heterocycles. The first-order chi connectivity index (χ1) is 12.1. The maximum Gasteiger partial charge on any atom is 0.243 e. The standard InChI is InChI=1S/C19H23ClN4O/c1-23-10-12-24(13-11-23)16-8-6-15(7-9-16)21-14-19(25)22-18-5-3-2-4-17(18)20/h2-9,21H,10-14H2,1H3,(H,22,25). The highest BCUT2D eigenvalue weighted by molar-refractivity contribution is 6.33. The summed E-state index contributed by atoms with van der Waals surface area (Å²) in [4.78, 5) is 16.8. The van der Waals surface area contributed by atoms with Crippen LogP contribution in [0, 0.1) is 0 Å². The summed E-state index contributed by atoms with van der Waals surface area (Å²) in [6, 6.07) is 15.4. The Labute approximate surface area is 153 Å². The summed E-state index contributed by atoms with van der Waals surface area (Å²) in [5, 5.41) is 6.48. The topological polar surface area (TPSA) is 47.6 Å². The summed E-state index contributed by atoms with van der Waals surface area (Å²) in [7, 11) is 2.15. The lowest BCUT2D eigenvalue weighted by Crippen LogP contribution is -2.44. The van der Waals surface area contributed by atoms with E-state index in [2.05, 4.69) is 39.6 Å². The van der Waals surface area contributed by atoms with Gasteiger partial charge in [-0.3, -0.25) is 4.79 Å². The zero-order chi connectivity index (χ0) is 17.6. The zero-order valence-electron chi connectivity index (χ0n) is 14.3. The van der Waals surface area contributed by atoms with Crippen LogP contribution >= 0.6 is 11.6 Å². The van der Waals surface area contributed by atoms with E-state index in [1.54, 1.807) is 12.1 Å². The Kier molecular flexibility index (Phi) is 5.79. The van der Waals surface area contributed by atoms with E-state index >= 15 is 0 Å². The number of anilines is 3. The highest BCUT2D eigenvalue weighted by Crippen LogP contribution is 2.21. The molecular formula is C19H23ClN4O. The number of likely N-dealkylation sites (N-methyl/N-ethyl adjacent to an activating group) is 1. The van der Waals surface area contributed by atoms with Gasteiger partial charge in [-0.2, -0.15) is 0 Å². The average molecular weight is 359 g/mol. The third kappa shape index (κ3) is 4.87. The van der Waals surface area contributed by atoms with Crippen LogP contribution in [0.25, 0.3) is 0 Å². The van der Waals surface area contributed by atoms with Crippen molar-refractivity contribution in [1.82, 2.24) is 4.90 Å². The molecule has 0 saturated carbocycles. The van der Waals surface area contributed by atoms with Crippen LogP contribution in [0.1, 0.15) is 0 Å². The predicted octanol–water partition coefficient (Wildman–Crippen LogP) is 3.14. The Balaban J connectivity index is 1.50. The van der Waals surface area contributed by atoms with Crippen LogP contribution in [0.15, 0.2) is 48.5 Å². The minimum absolute atomic E-state index is 0.128. The van der Waals surface area contributed by atoms with E-state index in [9.17, 15) is 4.79 Å². The predicted molar refractivity (Wildman–Crippen MR) is 105 cm³/mol. The maximum absolute atomic E-state index is 12.0. The number of carbonyl (C=O) groups excluding carboxylic acids is 1. The molecule has 0 atom stereocenters. The zero-order valence-corrected chi connectivity index (χ0v) is 15.1. The van der Waals surface area contributed by atoms with E-state index in [0.717, 1.165) is 31.9 Å². The Hall–Kier alpha value is -2.24. The lowest BCUT2D eigenvalue weighted by molar-refractivity contribution is -0.114. The van der Waals surface area contributed by atoms with Gasteiger partial charge in [-0.25, -0.2) is 0 Å². The molecule has 5 nitrogen and oxygen atoms in total. The van der Waals surface area contributed by atoms with Crippen molar-refractivity contribution in [3.05, 3.63) is 53.6 Å². The van der Waals surface area contributed by atoms with E-state index < -0.39 is 0 Å². The fraction of sp³-hybridized carbons (Fsp3) is 0.316. The Morgan fingerprint density at radius 1 is 1.04 bits per heavy atom. The summed E-state index contributed by atoms with van der Waals surface area (Å²) in [6.45, 7) is 4.45. The highest BCUT2D eigenvalue weighted by Gasteiger charge is 2.14. The molecular weight excluding hydrogens is 336 g/mol. The maximum atomic E-state index is 12.0. The van der Waals surface area contributed by atoms with Crippen LogP contribution < -0.4 is 15.5 Å². The minimum Gasteiger partial charge on any atom is -0.376 e. The van der Waals surface area contributed by atoms with Gasteiger partial charge in [0.15, 0.2) is 0 Å². The first kappa shape index (κ1) is 17.6. The lowest BCUT2D eigenvalue weighted by atomic mass is 10.2. The van der Waals surface area contributed by atoms with E-state index in [1.165, 1.54) is 5.69 Å². The van der Waals surface area contributed by atoms with E-state index in [0.29, 0.717) is 10.7 Å². The largest absolute Gasteiger partial charge is 0.376 e. The second-order valence-electron chi connectivity index (χ2n) is 6.22. The fourth-order valence-corrected chi connectivity index (χ4v) is 2.98. The molecule has 1 aliphatic rings. The molecule has 1 amide bonds. The van der Waals surface area contributed by atoms with Crippen LogP contribution in [0.4, 0.5) is 17.1 Å². The van der Waals surface area contributed by atoms with Crippen molar-refractivity contribution in [2.24, 2.45) is 0 Å². The molecule has 1 heterocycles. The number of nitrogens with zero attached hydrogens (tertiary/aromatic N) is 2. The molecule has 2 aromatic carbocycles. The summed E-state index contributed by atoms with van der Waals surface area (Å²) < 4.78 is 0. The molecule has 0 radical (unpaired) electrons. The monoisotopic (exact) mass is 358 g/mol. The molecule has 2 aromatic rings. The molecule has 132 valence electrons. The van der Waals surface area contributed by atoms with Crippen LogP contribution in [-0.4, -0.2) is 50.6 Å². The van der Waals surface area contributed by atoms with Crippen LogP contribution in [0.5, 0.6) is 0 Å². The molecule has 0 bridgehead atoms. The number of halogens is 1. The van der Waals surface area contributed by atoms with Crippen molar-refractivity contribution in [2.45, 2.75) is 0 Å². The van der Waals surface area contributed by atoms with E-state index in [4.69, 9.17) is 11.6 Å². The lowest BCUT2D eigenvalue weighted by Gasteiger charge is -2.34. The van der Waals surface area contributed by atoms with Crippen molar-refractivity contribution >= 4 is 34.6 Å². The number of hydrogen-bond acceptors (Lipinski definition) is 4. The number of para-hydroxylation sites is 1. The molecule has 2 N–H and O–H groups in total. The number of benzene rings is 2. The Bertz CT molecular complexity index is 712. The normalized spacial score (nSPS) is 15.0. The number of rotatable bonds is 5. The van der Waals surface area contributed by atoms with Crippen LogP contribution in [0.3, 0.4) is 0 Å². The van der Waals surface area contributed by atoms with E-state index in [-0.39, 0.29) is 12.5 Å². The minimum atomic E-state index is -0.128. The van der Waals surface area contributed by atoms with Crippen molar-refractivity contribution in [3.63, 3.8) is 0 Å². The summed E-state index contributed by atoms with van der Waals surface area (Å²) >= 11 is 6.04. The molecule has 0 aliphatic carbocycles. The van der Waals surface area contributed by atoms with E-state index in [1.807, 2.05) is 24.3 Å². The van der Waals surface area contributed by atoms with Gasteiger partial charge >= 0.3 is 0 Å². The van der Waals surface area contributed by atoms with Gasteiger partial charge in [0.2, 0.25) is 5.91 Å². The summed E-state index contributed by atoms with van der Waals surface area (Å²) in [6.07, 6.45) is 0. The number of piperazine rings is 1. The molecule has 3 rings (SSSR count). The number of nitrogens with one attached hydrogen (secondary N) is 2. The van der Waals surface area contributed by atoms with Gasteiger partial charge in [0.25, 0.3) is 0 Å². The van der Waals surface area contributed by atoms with Crippen molar-refractivity contribution in [3.8, 4) is 0 Å². The second kappa shape index (κ2) is 8.23. The van der Waals surface area contributed by atoms with Crippen LogP contribution in [0.2, 0.25) is 5.02 Å². The van der Waals surface area contributed by atoms with Crippen LogP contribution in [-0.2, 0) is 4.79 Å². The molecule has 0 aromatic heterocycles. The summed E-state index contributed by atoms with van der Waals surface area (Å²) in [5.41, 5.74) is 2.77. The fourth-order valence-electron chi connectivity index (χ4n) is 2.79. The number of amides is 1. The van der Waals surface area contributed by atoms with Crippen molar-refractivity contribution in [1.29, 1.82) is 0 Å². The average Bonchev–Trinajstić information content (AvgIpc) is 2.63. The van der Waals surface area contributed by atoms with Gasteiger partial charge in [-0.15, -0.1) is 0 Å².